The zero-order valence-electron chi connectivity index (χ0n) is 5.89. The first-order valence-corrected chi connectivity index (χ1v) is 3.69. The van der Waals surface area contributed by atoms with Crippen molar-refractivity contribution in [2.75, 3.05) is 13.1 Å². The minimum Gasteiger partial charge on any atom is -0.309 e. The fraction of sp³-hybridized carbons (Fsp3) is 1.00. The molecule has 0 aromatic carbocycles. The first kappa shape index (κ1) is 7.32. The fourth-order valence-electron chi connectivity index (χ4n) is 1.26. The average molecular weight is 149 g/mol. The lowest BCUT2D eigenvalue weighted by Crippen LogP contribution is -2.50. The molecule has 0 bridgehead atoms. The van der Waals surface area contributed by atoms with Gasteiger partial charge in [-0.1, -0.05) is 0 Å². The Bertz CT molecular complexity index is 72.0. The maximum Gasteiger partial charge on any atom is 0.0291 e. The second kappa shape index (κ2) is 2.86. The van der Waals surface area contributed by atoms with E-state index in [9.17, 15) is 0 Å². The Morgan fingerprint density at radius 3 is 2.11 bits per heavy atom. The van der Waals surface area contributed by atoms with Gasteiger partial charge in [0, 0.05) is 25.2 Å². The van der Waals surface area contributed by atoms with E-state index in [0.29, 0.717) is 12.1 Å². The van der Waals surface area contributed by atoms with Crippen LogP contribution in [0.4, 0.5) is 0 Å². The molecule has 0 radical (unpaired) electrons. The van der Waals surface area contributed by atoms with Crippen LogP contribution in [-0.2, 0) is 0 Å². The fourth-order valence-corrected chi connectivity index (χ4v) is 1.67. The Labute approximate surface area is 61.3 Å². The third-order valence-electron chi connectivity index (χ3n) is 1.51. The molecule has 1 N–H and O–H groups in total. The Morgan fingerprint density at radius 1 is 1.33 bits per heavy atom. The number of nitrogens with zero attached hydrogens (tertiary/aromatic N) is 1. The molecule has 3 heteroatoms. The van der Waals surface area contributed by atoms with Gasteiger partial charge in [-0.3, -0.25) is 0 Å². The number of nitrogens with one attached hydrogen (secondary N) is 1. The Balaban J connectivity index is 2.34. The van der Waals surface area contributed by atoms with Gasteiger partial charge in [0.1, 0.15) is 0 Å². The first-order chi connectivity index (χ1) is 4.18. The van der Waals surface area contributed by atoms with Crippen LogP contribution in [0.3, 0.4) is 0 Å². The van der Waals surface area contributed by atoms with Crippen molar-refractivity contribution in [3.63, 3.8) is 0 Å². The van der Waals surface area contributed by atoms with Crippen molar-refractivity contribution in [2.24, 2.45) is 0 Å². The molecule has 0 amide bonds. The lowest BCUT2D eigenvalue weighted by Gasteiger charge is -2.31. The van der Waals surface area contributed by atoms with E-state index in [2.05, 4.69) is 19.2 Å². The monoisotopic (exact) mass is 148 g/mol. The summed E-state index contributed by atoms with van der Waals surface area (Å²) in [6.45, 7) is 6.19. The summed E-state index contributed by atoms with van der Waals surface area (Å²) in [6.07, 6.45) is 0. The molecule has 0 aliphatic carbocycles. The average Bonchev–Trinajstić information content (AvgIpc) is 1.59. The van der Waals surface area contributed by atoms with Crippen LogP contribution in [0.25, 0.3) is 0 Å². The van der Waals surface area contributed by atoms with Gasteiger partial charge in [-0.2, -0.15) is 0 Å². The molecule has 1 aliphatic rings. The van der Waals surface area contributed by atoms with Crippen molar-refractivity contribution in [1.29, 1.82) is 0 Å². The molecule has 1 rings (SSSR count). The highest BCUT2D eigenvalue weighted by Crippen LogP contribution is 2.05. The lowest BCUT2D eigenvalue weighted by molar-refractivity contribution is 0.272. The van der Waals surface area contributed by atoms with Gasteiger partial charge < -0.3 is 5.32 Å². The van der Waals surface area contributed by atoms with Crippen LogP contribution >= 0.6 is 11.8 Å². The summed E-state index contributed by atoms with van der Waals surface area (Å²) in [6, 6.07) is 1.07. The minimum atomic E-state index is 0.534. The van der Waals surface area contributed by atoms with Gasteiger partial charge in [0.25, 0.3) is 0 Å². The van der Waals surface area contributed by atoms with E-state index in [1.165, 1.54) is 0 Å². The van der Waals surface area contributed by atoms with Gasteiger partial charge >= 0.3 is 0 Å². The van der Waals surface area contributed by atoms with Gasteiger partial charge in [-0.05, 0) is 25.6 Å². The highest BCUT2D eigenvalue weighted by molar-refractivity contribution is 6.13. The molecule has 1 saturated heterocycles. The van der Waals surface area contributed by atoms with Crippen LogP contribution in [0, 0.1) is 0 Å². The van der Waals surface area contributed by atoms with Gasteiger partial charge in [-0.25, -0.2) is 4.42 Å². The summed E-state index contributed by atoms with van der Waals surface area (Å²) in [5, 5.41) is 3.38. The van der Waals surface area contributed by atoms with Crippen molar-refractivity contribution in [3.8, 4) is 0 Å². The Hall–Kier alpha value is 0.210. The molecule has 0 aromatic heterocycles. The predicted octanol–water partition coefficient (Wildman–Crippen LogP) is 0.822. The smallest absolute Gasteiger partial charge is 0.0291 e. The second-order valence-corrected chi connectivity index (χ2v) is 3.27. The summed E-state index contributed by atoms with van der Waals surface area (Å²) < 4.78 is 1.84. The molecule has 1 fully saturated rings. The van der Waals surface area contributed by atoms with Crippen LogP contribution in [0.1, 0.15) is 13.8 Å². The van der Waals surface area contributed by atoms with Gasteiger partial charge in [0.15, 0.2) is 0 Å². The van der Waals surface area contributed by atoms with Crippen molar-refractivity contribution in [1.82, 2.24) is 9.74 Å². The molecule has 0 aromatic rings. The summed E-state index contributed by atoms with van der Waals surface area (Å²) in [5.74, 6) is 0. The largest absolute Gasteiger partial charge is 0.309 e. The van der Waals surface area contributed by atoms with Crippen LogP contribution < -0.4 is 5.32 Å². The lowest BCUT2D eigenvalue weighted by atomic mass is 10.2. The van der Waals surface area contributed by atoms with Crippen LogP contribution in [0.15, 0.2) is 0 Å². The van der Waals surface area contributed by atoms with Crippen LogP contribution in [0.2, 0.25) is 0 Å². The van der Waals surface area contributed by atoms with Crippen molar-refractivity contribution < 1.29 is 0 Å². The summed E-state index contributed by atoms with van der Waals surface area (Å²) >= 11 is 5.80. The number of hydrogen-bond acceptors (Lipinski definition) is 2. The zero-order chi connectivity index (χ0) is 6.85. The number of halogens is 1. The number of piperazine rings is 1. The molecule has 0 unspecified atom stereocenters. The maximum atomic E-state index is 5.80. The van der Waals surface area contributed by atoms with Gasteiger partial charge in [0.2, 0.25) is 0 Å². The van der Waals surface area contributed by atoms with E-state index in [0.717, 1.165) is 13.1 Å². The molecule has 54 valence electrons. The quantitative estimate of drug-likeness (QED) is 0.512. The summed E-state index contributed by atoms with van der Waals surface area (Å²) in [4.78, 5) is 0. The normalized spacial score (nSPS) is 39.0. The summed E-state index contributed by atoms with van der Waals surface area (Å²) in [5.41, 5.74) is 0. The molecule has 2 nitrogen and oxygen atoms in total. The molecular weight excluding hydrogens is 136 g/mol. The highest BCUT2D eigenvalue weighted by atomic mass is 35.5. The Morgan fingerprint density at radius 2 is 1.78 bits per heavy atom. The van der Waals surface area contributed by atoms with Crippen molar-refractivity contribution in [3.05, 3.63) is 0 Å². The molecule has 9 heavy (non-hydrogen) atoms. The van der Waals surface area contributed by atoms with E-state index in [1.54, 1.807) is 0 Å². The number of rotatable bonds is 0. The van der Waals surface area contributed by atoms with E-state index in [-0.39, 0.29) is 0 Å². The van der Waals surface area contributed by atoms with E-state index in [4.69, 9.17) is 11.8 Å². The Kier molecular flexibility index (Phi) is 2.33. The predicted molar refractivity (Wildman–Crippen MR) is 39.5 cm³/mol. The van der Waals surface area contributed by atoms with E-state index in [1.807, 2.05) is 4.42 Å². The van der Waals surface area contributed by atoms with Crippen molar-refractivity contribution >= 4 is 11.8 Å². The molecule has 1 aliphatic heterocycles. The zero-order valence-corrected chi connectivity index (χ0v) is 6.65. The van der Waals surface area contributed by atoms with Crippen LogP contribution in [0.5, 0.6) is 0 Å². The molecule has 0 saturated carbocycles. The van der Waals surface area contributed by atoms with E-state index >= 15 is 0 Å². The molecular formula is C6H13ClN2. The highest BCUT2D eigenvalue weighted by Gasteiger charge is 2.18. The van der Waals surface area contributed by atoms with Crippen molar-refractivity contribution in [2.45, 2.75) is 25.9 Å². The third-order valence-corrected chi connectivity index (χ3v) is 1.79. The molecule has 2 atom stereocenters. The molecule has 1 heterocycles. The van der Waals surface area contributed by atoms with E-state index < -0.39 is 0 Å². The standard InChI is InChI=1S/C6H13ClN2/c1-5-3-9(7)4-6(2)8-5/h5-6,8H,3-4H2,1-2H3/t5-,6-/m1/s1. The first-order valence-electron chi connectivity index (χ1n) is 3.35. The topological polar surface area (TPSA) is 15.3 Å². The maximum absolute atomic E-state index is 5.80. The minimum absolute atomic E-state index is 0.534. The molecule has 0 spiro atoms. The van der Waals surface area contributed by atoms with Gasteiger partial charge in [-0.15, -0.1) is 0 Å². The summed E-state index contributed by atoms with van der Waals surface area (Å²) in [7, 11) is 0. The SMILES string of the molecule is C[C@@H]1CN(Cl)C[C@@H](C)N1. The van der Waals surface area contributed by atoms with Crippen LogP contribution in [-0.4, -0.2) is 29.6 Å². The third kappa shape index (κ3) is 2.12. The van der Waals surface area contributed by atoms with Gasteiger partial charge in [0.05, 0.1) is 0 Å². The second-order valence-electron chi connectivity index (χ2n) is 2.80. The number of hydrogen-bond donors (Lipinski definition) is 1.